The quantitative estimate of drug-likeness (QED) is 0.856. The lowest BCUT2D eigenvalue weighted by atomic mass is 10.1. The molecule has 2 aromatic carbocycles. The molecule has 150 valence electrons. The highest BCUT2D eigenvalue weighted by Crippen LogP contribution is 2.27. The molecule has 0 aliphatic carbocycles. The molecule has 4 rings (SSSR count). The molecule has 0 bridgehead atoms. The molecule has 0 radical (unpaired) electrons. The first-order chi connectivity index (χ1) is 14.2. The third-order valence-electron chi connectivity index (χ3n) is 5.08. The van der Waals surface area contributed by atoms with Gasteiger partial charge in [0.15, 0.2) is 0 Å². The number of allylic oxidation sites excluding steroid dienone is 1. The van der Waals surface area contributed by atoms with E-state index in [0.717, 1.165) is 52.1 Å². The molecule has 2 heterocycles. The Kier molecular flexibility index (Phi) is 5.51. The first-order valence-electron chi connectivity index (χ1n) is 9.85. The lowest BCUT2D eigenvalue weighted by Gasteiger charge is -2.24. The van der Waals surface area contributed by atoms with Gasteiger partial charge >= 0.3 is 0 Å². The maximum Gasteiger partial charge on any atom is 0.138 e. The van der Waals surface area contributed by atoms with Gasteiger partial charge < -0.3 is 19.7 Å². The monoisotopic (exact) mass is 390 g/mol. The number of ether oxygens (including phenoxy) is 2. The van der Waals surface area contributed by atoms with E-state index in [-0.39, 0.29) is 0 Å². The Morgan fingerprint density at radius 2 is 1.90 bits per heavy atom. The standard InChI is InChI=1S/C23H26N4O2/c1-16(27-11-13-29-20-7-5-4-6-18(20)23(27)25-3)14-17-8-9-21-19(15-17)22(24-2)26-10-12-28-21/h4-9,14-15H,10-13H2,1-3H3,(H,24,26)/b16-14+,25-23-. The minimum atomic E-state index is 0.593. The maximum atomic E-state index is 5.94. The topological polar surface area (TPSA) is 58.5 Å². The Labute approximate surface area is 171 Å². The molecule has 0 aromatic heterocycles. The number of fused-ring (bicyclic) bond motifs is 2. The molecular formula is C23H26N4O2. The summed E-state index contributed by atoms with van der Waals surface area (Å²) in [7, 11) is 3.72. The Hall–Kier alpha value is -3.28. The Bertz CT molecular complexity index is 994. The van der Waals surface area contributed by atoms with Crippen LogP contribution in [-0.2, 0) is 0 Å². The van der Waals surface area contributed by atoms with Crippen LogP contribution in [0.3, 0.4) is 0 Å². The number of amidine groups is 2. The van der Waals surface area contributed by atoms with Crippen LogP contribution < -0.4 is 14.8 Å². The van der Waals surface area contributed by atoms with Crippen LogP contribution in [0.1, 0.15) is 23.6 Å². The minimum absolute atomic E-state index is 0.593. The van der Waals surface area contributed by atoms with Gasteiger partial charge in [-0.05, 0) is 42.8 Å². The highest BCUT2D eigenvalue weighted by Gasteiger charge is 2.22. The number of nitrogens with zero attached hydrogens (tertiary/aromatic N) is 3. The number of benzene rings is 2. The molecule has 0 amide bonds. The lowest BCUT2D eigenvalue weighted by Crippen LogP contribution is -2.31. The van der Waals surface area contributed by atoms with Crippen molar-refractivity contribution in [1.82, 2.24) is 10.2 Å². The molecule has 0 spiro atoms. The molecular weight excluding hydrogens is 364 g/mol. The van der Waals surface area contributed by atoms with E-state index in [1.165, 1.54) is 0 Å². The van der Waals surface area contributed by atoms with E-state index in [1.54, 1.807) is 0 Å². The van der Waals surface area contributed by atoms with Crippen LogP contribution in [0.2, 0.25) is 0 Å². The summed E-state index contributed by atoms with van der Waals surface area (Å²) in [5.41, 5.74) is 4.19. The van der Waals surface area contributed by atoms with Crippen LogP contribution in [-0.4, -0.2) is 57.0 Å². The van der Waals surface area contributed by atoms with Crippen molar-refractivity contribution in [1.29, 1.82) is 0 Å². The zero-order valence-electron chi connectivity index (χ0n) is 17.1. The number of rotatable bonds is 2. The van der Waals surface area contributed by atoms with Gasteiger partial charge in [-0.3, -0.25) is 9.98 Å². The van der Waals surface area contributed by atoms with E-state index in [4.69, 9.17) is 9.47 Å². The van der Waals surface area contributed by atoms with E-state index in [0.29, 0.717) is 19.8 Å². The van der Waals surface area contributed by atoms with E-state index in [1.807, 2.05) is 38.4 Å². The Balaban J connectivity index is 1.69. The van der Waals surface area contributed by atoms with Crippen LogP contribution in [0.5, 0.6) is 11.5 Å². The molecule has 6 nitrogen and oxygen atoms in total. The normalized spacial score (nSPS) is 17.9. The second-order valence-electron chi connectivity index (χ2n) is 6.91. The second-order valence-corrected chi connectivity index (χ2v) is 6.91. The lowest BCUT2D eigenvalue weighted by molar-refractivity contribution is 0.297. The summed E-state index contributed by atoms with van der Waals surface area (Å²) >= 11 is 0. The maximum absolute atomic E-state index is 5.94. The number of para-hydroxylation sites is 1. The first-order valence-corrected chi connectivity index (χ1v) is 9.85. The SMILES string of the molecule is C/N=C1/c2ccccc2OCCN1/C(C)=C/c1ccc2c(c1)C(NC)=NCCO2. The average Bonchev–Trinajstić information content (AvgIpc) is 3.06. The summed E-state index contributed by atoms with van der Waals surface area (Å²) in [5, 5.41) is 3.18. The van der Waals surface area contributed by atoms with Crippen molar-refractivity contribution in [3.63, 3.8) is 0 Å². The van der Waals surface area contributed by atoms with Crippen LogP contribution in [0.15, 0.2) is 58.1 Å². The first kappa shape index (κ1) is 19.1. The van der Waals surface area contributed by atoms with Crippen molar-refractivity contribution in [2.24, 2.45) is 9.98 Å². The molecule has 6 heteroatoms. The number of hydrogen-bond donors (Lipinski definition) is 1. The van der Waals surface area contributed by atoms with E-state index in [9.17, 15) is 0 Å². The molecule has 0 atom stereocenters. The summed E-state index contributed by atoms with van der Waals surface area (Å²) in [4.78, 5) is 11.4. The number of nitrogens with one attached hydrogen (secondary N) is 1. The van der Waals surface area contributed by atoms with Gasteiger partial charge in [0.25, 0.3) is 0 Å². The summed E-state index contributed by atoms with van der Waals surface area (Å²) < 4.78 is 11.8. The van der Waals surface area contributed by atoms with E-state index < -0.39 is 0 Å². The smallest absolute Gasteiger partial charge is 0.138 e. The fraction of sp³-hybridized carbons (Fsp3) is 0.304. The highest BCUT2D eigenvalue weighted by atomic mass is 16.5. The van der Waals surface area contributed by atoms with Crippen LogP contribution >= 0.6 is 0 Å². The van der Waals surface area contributed by atoms with Crippen molar-refractivity contribution in [2.45, 2.75) is 6.92 Å². The van der Waals surface area contributed by atoms with E-state index in [2.05, 4.69) is 51.4 Å². The van der Waals surface area contributed by atoms with Gasteiger partial charge in [0.1, 0.15) is 36.4 Å². The van der Waals surface area contributed by atoms with Gasteiger partial charge in [0, 0.05) is 19.8 Å². The molecule has 2 aliphatic heterocycles. The molecule has 1 N–H and O–H groups in total. The minimum Gasteiger partial charge on any atom is -0.491 e. The predicted molar refractivity (Wildman–Crippen MR) is 117 cm³/mol. The fourth-order valence-corrected chi connectivity index (χ4v) is 3.74. The fourth-order valence-electron chi connectivity index (χ4n) is 3.74. The third-order valence-corrected chi connectivity index (χ3v) is 5.08. The molecule has 2 aromatic rings. The van der Waals surface area contributed by atoms with Crippen LogP contribution in [0.25, 0.3) is 6.08 Å². The molecule has 2 aliphatic rings. The van der Waals surface area contributed by atoms with Crippen molar-refractivity contribution in [2.75, 3.05) is 40.4 Å². The number of aliphatic imine (C=N–C) groups is 2. The van der Waals surface area contributed by atoms with Crippen molar-refractivity contribution < 1.29 is 9.47 Å². The van der Waals surface area contributed by atoms with Crippen molar-refractivity contribution in [3.8, 4) is 11.5 Å². The van der Waals surface area contributed by atoms with Crippen molar-refractivity contribution >= 4 is 17.7 Å². The zero-order chi connectivity index (χ0) is 20.2. The molecule has 0 unspecified atom stereocenters. The van der Waals surface area contributed by atoms with Gasteiger partial charge in [-0.15, -0.1) is 0 Å². The summed E-state index contributed by atoms with van der Waals surface area (Å²) in [6, 6.07) is 14.3. The summed E-state index contributed by atoms with van der Waals surface area (Å²) in [6.45, 7) is 4.69. The van der Waals surface area contributed by atoms with Crippen LogP contribution in [0.4, 0.5) is 0 Å². The van der Waals surface area contributed by atoms with Gasteiger partial charge in [-0.1, -0.05) is 18.2 Å². The van der Waals surface area contributed by atoms with E-state index >= 15 is 0 Å². The zero-order valence-corrected chi connectivity index (χ0v) is 17.1. The largest absolute Gasteiger partial charge is 0.491 e. The van der Waals surface area contributed by atoms with Gasteiger partial charge in [-0.2, -0.15) is 0 Å². The summed E-state index contributed by atoms with van der Waals surface area (Å²) in [5.74, 6) is 3.51. The molecule has 0 saturated carbocycles. The van der Waals surface area contributed by atoms with Crippen molar-refractivity contribution in [3.05, 3.63) is 64.9 Å². The second kappa shape index (κ2) is 8.39. The third kappa shape index (κ3) is 3.83. The van der Waals surface area contributed by atoms with Gasteiger partial charge in [0.2, 0.25) is 0 Å². The Morgan fingerprint density at radius 1 is 1.10 bits per heavy atom. The number of hydrogen-bond acceptors (Lipinski definition) is 5. The molecule has 0 saturated heterocycles. The Morgan fingerprint density at radius 3 is 2.72 bits per heavy atom. The highest BCUT2D eigenvalue weighted by molar-refractivity contribution is 6.03. The van der Waals surface area contributed by atoms with Crippen LogP contribution in [0, 0.1) is 0 Å². The predicted octanol–water partition coefficient (Wildman–Crippen LogP) is 3.18. The van der Waals surface area contributed by atoms with Gasteiger partial charge in [-0.25, -0.2) is 0 Å². The average molecular weight is 390 g/mol. The summed E-state index contributed by atoms with van der Waals surface area (Å²) in [6.07, 6.45) is 2.16. The van der Waals surface area contributed by atoms with Gasteiger partial charge in [0.05, 0.1) is 24.2 Å². The molecule has 29 heavy (non-hydrogen) atoms. The molecule has 0 fully saturated rings.